The Morgan fingerprint density at radius 3 is 3.06 bits per heavy atom. The maximum absolute atomic E-state index is 13.6. The van der Waals surface area contributed by atoms with Crippen molar-refractivity contribution in [2.45, 2.75) is 20.0 Å². The number of imidazole rings is 1. The number of nitrogens with one attached hydrogen (secondary N) is 1. The zero-order chi connectivity index (χ0) is 13.0. The number of aromatic nitrogens is 2. The van der Waals surface area contributed by atoms with E-state index in [4.69, 9.17) is 11.6 Å². The molecule has 0 saturated carbocycles. The summed E-state index contributed by atoms with van der Waals surface area (Å²) in [6.45, 7) is 4.01. The van der Waals surface area contributed by atoms with E-state index in [0.29, 0.717) is 23.7 Å². The number of halogens is 2. The molecule has 3 nitrogen and oxygen atoms in total. The van der Waals surface area contributed by atoms with Crippen molar-refractivity contribution in [3.63, 3.8) is 0 Å². The highest BCUT2D eigenvalue weighted by molar-refractivity contribution is 6.30. The first-order valence-electron chi connectivity index (χ1n) is 5.85. The van der Waals surface area contributed by atoms with Crippen LogP contribution in [0.25, 0.3) is 0 Å². The van der Waals surface area contributed by atoms with Gasteiger partial charge in [-0.25, -0.2) is 9.37 Å². The molecule has 1 aromatic heterocycles. The SMILES string of the molecule is CCNCc1nccn1Cc1cc(Cl)ccc1F. The molecule has 96 valence electrons. The van der Waals surface area contributed by atoms with Crippen molar-refractivity contribution in [2.75, 3.05) is 6.54 Å². The molecule has 0 spiro atoms. The lowest BCUT2D eigenvalue weighted by Gasteiger charge is -2.09. The summed E-state index contributed by atoms with van der Waals surface area (Å²) in [7, 11) is 0. The average Bonchev–Trinajstić information content (AvgIpc) is 2.79. The van der Waals surface area contributed by atoms with Crippen LogP contribution in [0.5, 0.6) is 0 Å². The monoisotopic (exact) mass is 267 g/mol. The first-order chi connectivity index (χ1) is 8.70. The maximum Gasteiger partial charge on any atom is 0.128 e. The molecular formula is C13H15ClFN3. The van der Waals surface area contributed by atoms with Gasteiger partial charge >= 0.3 is 0 Å². The molecule has 0 saturated heterocycles. The third-order valence-corrected chi connectivity index (χ3v) is 2.92. The van der Waals surface area contributed by atoms with Crippen LogP contribution >= 0.6 is 11.6 Å². The third kappa shape index (κ3) is 3.09. The minimum atomic E-state index is -0.248. The molecule has 0 unspecified atom stereocenters. The first-order valence-corrected chi connectivity index (χ1v) is 6.23. The van der Waals surface area contributed by atoms with Gasteiger partial charge in [-0.2, -0.15) is 0 Å². The fourth-order valence-corrected chi connectivity index (χ4v) is 1.93. The molecular weight excluding hydrogens is 253 g/mol. The van der Waals surface area contributed by atoms with Gasteiger partial charge in [-0.05, 0) is 24.7 Å². The molecule has 0 radical (unpaired) electrons. The van der Waals surface area contributed by atoms with Gasteiger partial charge in [0.2, 0.25) is 0 Å². The van der Waals surface area contributed by atoms with Crippen molar-refractivity contribution < 1.29 is 4.39 Å². The first kappa shape index (κ1) is 13.1. The molecule has 1 N–H and O–H groups in total. The summed E-state index contributed by atoms with van der Waals surface area (Å²) in [5, 5.41) is 3.74. The summed E-state index contributed by atoms with van der Waals surface area (Å²) in [5.74, 6) is 0.638. The van der Waals surface area contributed by atoms with Crippen LogP contribution in [0.4, 0.5) is 4.39 Å². The minimum Gasteiger partial charge on any atom is -0.329 e. The molecule has 2 rings (SSSR count). The fraction of sp³-hybridized carbons (Fsp3) is 0.308. The van der Waals surface area contributed by atoms with E-state index in [9.17, 15) is 4.39 Å². The molecule has 0 aliphatic rings. The Hall–Kier alpha value is -1.39. The summed E-state index contributed by atoms with van der Waals surface area (Å²) >= 11 is 5.88. The Bertz CT molecular complexity index is 525. The van der Waals surface area contributed by atoms with E-state index in [1.54, 1.807) is 18.3 Å². The third-order valence-electron chi connectivity index (χ3n) is 2.68. The van der Waals surface area contributed by atoms with Crippen molar-refractivity contribution in [1.29, 1.82) is 0 Å². The molecule has 0 fully saturated rings. The number of benzene rings is 1. The lowest BCUT2D eigenvalue weighted by Crippen LogP contribution is -2.16. The minimum absolute atomic E-state index is 0.248. The van der Waals surface area contributed by atoms with Gasteiger partial charge in [-0.1, -0.05) is 18.5 Å². The van der Waals surface area contributed by atoms with Crippen LogP contribution in [0, 0.1) is 5.82 Å². The molecule has 5 heteroatoms. The smallest absolute Gasteiger partial charge is 0.128 e. The molecule has 0 aliphatic heterocycles. The van der Waals surface area contributed by atoms with Crippen molar-refractivity contribution in [1.82, 2.24) is 14.9 Å². The standard InChI is InChI=1S/C13H15ClFN3/c1-2-16-8-13-17-5-6-18(13)9-10-7-11(14)3-4-12(10)15/h3-7,16H,2,8-9H2,1H3. The highest BCUT2D eigenvalue weighted by Gasteiger charge is 2.07. The van der Waals surface area contributed by atoms with Gasteiger partial charge in [-0.15, -0.1) is 0 Å². The Kier molecular flexibility index (Phi) is 4.33. The van der Waals surface area contributed by atoms with Gasteiger partial charge in [-0.3, -0.25) is 0 Å². The Morgan fingerprint density at radius 2 is 2.28 bits per heavy atom. The predicted octanol–water partition coefficient (Wildman–Crippen LogP) is 2.83. The summed E-state index contributed by atoms with van der Waals surface area (Å²) in [5.41, 5.74) is 0.568. The van der Waals surface area contributed by atoms with Gasteiger partial charge in [0.15, 0.2) is 0 Å². The van der Waals surface area contributed by atoms with Crippen LogP contribution in [0.2, 0.25) is 5.02 Å². The lowest BCUT2D eigenvalue weighted by atomic mass is 10.2. The van der Waals surface area contributed by atoms with E-state index in [2.05, 4.69) is 10.3 Å². The number of hydrogen-bond acceptors (Lipinski definition) is 2. The van der Waals surface area contributed by atoms with Crippen LogP contribution in [0.3, 0.4) is 0 Å². The largest absolute Gasteiger partial charge is 0.329 e. The van der Waals surface area contributed by atoms with Crippen molar-refractivity contribution in [3.05, 3.63) is 52.8 Å². The highest BCUT2D eigenvalue weighted by atomic mass is 35.5. The molecule has 18 heavy (non-hydrogen) atoms. The Labute approximate surface area is 111 Å². The maximum atomic E-state index is 13.6. The molecule has 2 aromatic rings. The normalized spacial score (nSPS) is 10.8. The van der Waals surface area contributed by atoms with Crippen LogP contribution in [-0.2, 0) is 13.1 Å². The second-order valence-electron chi connectivity index (χ2n) is 3.99. The average molecular weight is 268 g/mol. The van der Waals surface area contributed by atoms with E-state index < -0.39 is 0 Å². The van der Waals surface area contributed by atoms with E-state index in [0.717, 1.165) is 12.4 Å². The van der Waals surface area contributed by atoms with Gasteiger partial charge in [0.1, 0.15) is 11.6 Å². The molecule has 0 atom stereocenters. The molecule has 1 aromatic carbocycles. The fourth-order valence-electron chi connectivity index (χ4n) is 1.74. The van der Waals surface area contributed by atoms with Gasteiger partial charge in [0.25, 0.3) is 0 Å². The van der Waals surface area contributed by atoms with Crippen molar-refractivity contribution in [3.8, 4) is 0 Å². The zero-order valence-corrected chi connectivity index (χ0v) is 10.9. The van der Waals surface area contributed by atoms with E-state index in [1.165, 1.54) is 6.07 Å². The van der Waals surface area contributed by atoms with Crippen molar-refractivity contribution >= 4 is 11.6 Å². The Morgan fingerprint density at radius 1 is 1.44 bits per heavy atom. The quantitative estimate of drug-likeness (QED) is 0.903. The lowest BCUT2D eigenvalue weighted by molar-refractivity contribution is 0.586. The summed E-state index contributed by atoms with van der Waals surface area (Å²) < 4.78 is 15.6. The molecule has 0 bridgehead atoms. The molecule has 1 heterocycles. The second-order valence-corrected chi connectivity index (χ2v) is 4.42. The van der Waals surface area contributed by atoms with Crippen LogP contribution in [0.1, 0.15) is 18.3 Å². The molecule has 0 aliphatic carbocycles. The number of nitrogens with zero attached hydrogens (tertiary/aromatic N) is 2. The van der Waals surface area contributed by atoms with Crippen LogP contribution in [0.15, 0.2) is 30.6 Å². The Balaban J connectivity index is 2.18. The number of rotatable bonds is 5. The summed E-state index contributed by atoms with van der Waals surface area (Å²) in [6.07, 6.45) is 3.56. The van der Waals surface area contributed by atoms with E-state index >= 15 is 0 Å². The van der Waals surface area contributed by atoms with Crippen LogP contribution < -0.4 is 5.32 Å². The molecule has 0 amide bonds. The summed E-state index contributed by atoms with van der Waals surface area (Å²) in [6, 6.07) is 4.58. The van der Waals surface area contributed by atoms with Gasteiger partial charge in [0.05, 0.1) is 13.1 Å². The number of hydrogen-bond donors (Lipinski definition) is 1. The van der Waals surface area contributed by atoms with E-state index in [1.807, 2.05) is 17.7 Å². The van der Waals surface area contributed by atoms with Crippen LogP contribution in [-0.4, -0.2) is 16.1 Å². The summed E-state index contributed by atoms with van der Waals surface area (Å²) in [4.78, 5) is 4.25. The van der Waals surface area contributed by atoms with Gasteiger partial charge < -0.3 is 9.88 Å². The van der Waals surface area contributed by atoms with E-state index in [-0.39, 0.29) is 5.82 Å². The second kappa shape index (κ2) is 5.98. The van der Waals surface area contributed by atoms with Gasteiger partial charge in [0, 0.05) is 23.0 Å². The highest BCUT2D eigenvalue weighted by Crippen LogP contribution is 2.16. The predicted molar refractivity (Wildman–Crippen MR) is 70.1 cm³/mol. The topological polar surface area (TPSA) is 29.9 Å². The zero-order valence-electron chi connectivity index (χ0n) is 10.2. The van der Waals surface area contributed by atoms with Crippen molar-refractivity contribution in [2.24, 2.45) is 0 Å².